The maximum Gasteiger partial charge on any atom is 0.187 e. The molecule has 9 N–H and O–H groups in total. The largest absolute Gasteiger partial charge is 0.394 e. The molecule has 8 fully saturated rings. The van der Waals surface area contributed by atoms with E-state index in [1.807, 2.05) is 0 Å². The minimum absolute atomic E-state index is 0.128. The third kappa shape index (κ3) is 7.40. The second-order valence-electron chi connectivity index (χ2n) is 21.2. The molecule has 354 valence electrons. The molecule has 5 heterocycles. The molecule has 17 nitrogen and oxygen atoms in total. The van der Waals surface area contributed by atoms with Crippen molar-refractivity contribution in [3.05, 3.63) is 11.6 Å². The van der Waals surface area contributed by atoms with E-state index in [2.05, 4.69) is 33.8 Å². The average Bonchev–Trinajstić information content (AvgIpc) is 3.69. The second-order valence-corrected chi connectivity index (χ2v) is 21.2. The normalized spacial score (nSPS) is 58.9. The van der Waals surface area contributed by atoms with Gasteiger partial charge in [-0.15, -0.1) is 0 Å². The van der Waals surface area contributed by atoms with E-state index < -0.39 is 117 Å². The van der Waals surface area contributed by atoms with Crippen molar-refractivity contribution in [1.82, 2.24) is 0 Å². The van der Waals surface area contributed by atoms with Crippen molar-refractivity contribution in [3.8, 4) is 0 Å². The van der Waals surface area contributed by atoms with Gasteiger partial charge in [-0.05, 0) is 99.2 Å². The maximum absolute atomic E-state index is 12.0. The van der Waals surface area contributed by atoms with Crippen LogP contribution in [0.1, 0.15) is 92.9 Å². The van der Waals surface area contributed by atoms with Crippen molar-refractivity contribution in [2.24, 2.45) is 46.3 Å². The van der Waals surface area contributed by atoms with Gasteiger partial charge in [0, 0.05) is 12.3 Å². The highest BCUT2D eigenvalue weighted by atomic mass is 16.8. The summed E-state index contributed by atoms with van der Waals surface area (Å²) < 4.78 is 49.8. The van der Waals surface area contributed by atoms with Gasteiger partial charge in [0.15, 0.2) is 24.7 Å². The zero-order valence-electron chi connectivity index (χ0n) is 36.8. The lowest BCUT2D eigenvalue weighted by atomic mass is 9.46. The number of rotatable bonds is 7. The van der Waals surface area contributed by atoms with Gasteiger partial charge in [0.1, 0.15) is 61.0 Å². The Hall–Kier alpha value is -0.940. The standard InChI is InChI=1S/C45H72O17/c1-18-9-12-45(55-17-18)19(2)30-28(62-45)14-25-23-8-7-22-13-27(26(47)15-44(22,6)24(23)10-11-43(25,30)5)58-42-39(61-41-36(53)34(51)32(49)21(4)57-41)37(54)38(29(16-46)59-42)60-40-35(52)33(50)31(48)20(3)56-40/h7,18-21,23-42,46-54H,8-17H2,1-6H3/t18-,19+,20+,21+,23-,24+,25+,26?,27-,28+,29-,30+,31+,32+,33-,34-,35-,36-,37+,38-,39-,40+,41+,42-,43+,44+,45-/m1/s1. The van der Waals surface area contributed by atoms with E-state index in [9.17, 15) is 46.0 Å². The highest BCUT2D eigenvalue weighted by Crippen LogP contribution is 2.70. The molecule has 5 aliphatic heterocycles. The third-order valence-corrected chi connectivity index (χ3v) is 17.7. The van der Waals surface area contributed by atoms with Crippen LogP contribution in [0.2, 0.25) is 0 Å². The van der Waals surface area contributed by atoms with Crippen LogP contribution < -0.4 is 0 Å². The van der Waals surface area contributed by atoms with Crippen LogP contribution in [0, 0.1) is 46.3 Å². The molecule has 1 unspecified atom stereocenters. The number of hydrogen-bond donors (Lipinski definition) is 9. The molecule has 0 aromatic carbocycles. The Labute approximate surface area is 363 Å². The molecule has 3 saturated carbocycles. The molecular weight excluding hydrogens is 812 g/mol. The van der Waals surface area contributed by atoms with Gasteiger partial charge in [-0.25, -0.2) is 0 Å². The summed E-state index contributed by atoms with van der Waals surface area (Å²) in [6.07, 6.45) is -14.8. The SMILES string of the molecule is C[C@@H]1CC[C@@]2(OC1)O[C@H]1C[C@H]3[C@@H]4CC=C5C[C@@H](O[C@@H]6O[C@H](CO)[C@@H](O[C@@H]7O[C@@H](C)[C@H](O)[C@@H](O)[C@H]7O)[C@H](O)[C@H]6O[C@@H]6O[C@@H](C)[C@H](O)[C@@H](O)[C@H]6O)C(O)C[C@]5(C)[C@H]4CC[C@]3(C)[C@H]1[C@@H]2C. The van der Waals surface area contributed by atoms with E-state index in [0.29, 0.717) is 48.3 Å². The Morgan fingerprint density at radius 1 is 0.710 bits per heavy atom. The van der Waals surface area contributed by atoms with E-state index in [-0.39, 0.29) is 16.9 Å². The van der Waals surface area contributed by atoms with Crippen LogP contribution in [-0.4, -0.2) is 175 Å². The van der Waals surface area contributed by atoms with E-state index in [0.717, 1.165) is 45.1 Å². The maximum atomic E-state index is 12.0. The van der Waals surface area contributed by atoms with Crippen molar-refractivity contribution in [2.75, 3.05) is 13.2 Å². The predicted molar refractivity (Wildman–Crippen MR) is 214 cm³/mol. The van der Waals surface area contributed by atoms with Gasteiger partial charge >= 0.3 is 0 Å². The summed E-state index contributed by atoms with van der Waals surface area (Å²) in [5.41, 5.74) is 1.02. The number of aliphatic hydroxyl groups excluding tert-OH is 9. The third-order valence-electron chi connectivity index (χ3n) is 17.7. The van der Waals surface area contributed by atoms with Gasteiger partial charge in [0.05, 0.1) is 43.7 Å². The van der Waals surface area contributed by atoms with Crippen LogP contribution in [-0.2, 0) is 37.9 Å². The molecule has 62 heavy (non-hydrogen) atoms. The lowest BCUT2D eigenvalue weighted by Crippen LogP contribution is -2.67. The van der Waals surface area contributed by atoms with E-state index in [1.54, 1.807) is 0 Å². The van der Waals surface area contributed by atoms with Gasteiger partial charge in [0.2, 0.25) is 0 Å². The van der Waals surface area contributed by atoms with Crippen LogP contribution in [0.15, 0.2) is 11.6 Å². The predicted octanol–water partition coefficient (Wildman–Crippen LogP) is 0.213. The van der Waals surface area contributed by atoms with Gasteiger partial charge in [-0.3, -0.25) is 0 Å². The summed E-state index contributed by atoms with van der Waals surface area (Å²) in [6.45, 7) is 12.4. The zero-order valence-corrected chi connectivity index (χ0v) is 36.8. The molecule has 9 aliphatic rings. The quantitative estimate of drug-likeness (QED) is 0.155. The van der Waals surface area contributed by atoms with E-state index >= 15 is 0 Å². The topological polar surface area (TPSA) is 256 Å². The summed E-state index contributed by atoms with van der Waals surface area (Å²) >= 11 is 0. The van der Waals surface area contributed by atoms with E-state index in [4.69, 9.17) is 37.9 Å². The fourth-order valence-electron chi connectivity index (χ4n) is 14.0. The fraction of sp³-hybridized carbons (Fsp3) is 0.956. The Morgan fingerprint density at radius 3 is 1.97 bits per heavy atom. The smallest absolute Gasteiger partial charge is 0.187 e. The molecule has 9 rings (SSSR count). The van der Waals surface area contributed by atoms with Crippen molar-refractivity contribution in [1.29, 1.82) is 0 Å². The Morgan fingerprint density at radius 2 is 1.35 bits per heavy atom. The number of ether oxygens (including phenoxy) is 8. The first-order valence-electron chi connectivity index (χ1n) is 23.3. The van der Waals surface area contributed by atoms with Crippen LogP contribution in [0.25, 0.3) is 0 Å². The lowest BCUT2D eigenvalue weighted by molar-refractivity contribution is -0.390. The number of aliphatic hydroxyl groups is 9. The first kappa shape index (κ1) is 46.2. The summed E-state index contributed by atoms with van der Waals surface area (Å²) in [6, 6.07) is 0. The highest BCUT2D eigenvalue weighted by molar-refractivity contribution is 5.27. The summed E-state index contributed by atoms with van der Waals surface area (Å²) in [5.74, 6) is 2.09. The molecule has 0 bridgehead atoms. The van der Waals surface area contributed by atoms with Crippen molar-refractivity contribution < 1.29 is 83.9 Å². The molecule has 0 aromatic heterocycles. The van der Waals surface area contributed by atoms with E-state index in [1.165, 1.54) is 19.4 Å². The lowest BCUT2D eigenvalue weighted by Gasteiger charge is -2.59. The second kappa shape index (κ2) is 17.0. The van der Waals surface area contributed by atoms with Gasteiger partial charge in [0.25, 0.3) is 0 Å². The van der Waals surface area contributed by atoms with Gasteiger partial charge in [-0.2, -0.15) is 0 Å². The summed E-state index contributed by atoms with van der Waals surface area (Å²) in [7, 11) is 0. The van der Waals surface area contributed by atoms with Crippen molar-refractivity contribution in [2.45, 2.75) is 209 Å². The van der Waals surface area contributed by atoms with Crippen molar-refractivity contribution >= 4 is 0 Å². The first-order valence-corrected chi connectivity index (χ1v) is 23.3. The number of fused-ring (bicyclic) bond motifs is 7. The molecule has 0 amide bonds. The van der Waals surface area contributed by atoms with Crippen molar-refractivity contribution in [3.63, 3.8) is 0 Å². The summed E-state index contributed by atoms with van der Waals surface area (Å²) in [5, 5.41) is 97.9. The van der Waals surface area contributed by atoms with Crippen LogP contribution in [0.3, 0.4) is 0 Å². The molecule has 0 aromatic rings. The van der Waals surface area contributed by atoms with Gasteiger partial charge < -0.3 is 83.9 Å². The van der Waals surface area contributed by atoms with Crippen LogP contribution in [0.4, 0.5) is 0 Å². The number of allylic oxidation sites excluding steroid dienone is 1. The molecule has 1 spiro atoms. The monoisotopic (exact) mass is 884 g/mol. The Balaban J connectivity index is 0.933. The number of hydrogen-bond acceptors (Lipinski definition) is 17. The molecule has 5 saturated heterocycles. The molecule has 0 radical (unpaired) electrons. The van der Waals surface area contributed by atoms with Crippen LogP contribution >= 0.6 is 0 Å². The highest BCUT2D eigenvalue weighted by Gasteiger charge is 2.69. The minimum atomic E-state index is -1.76. The molecule has 4 aliphatic carbocycles. The average molecular weight is 885 g/mol. The van der Waals surface area contributed by atoms with Gasteiger partial charge in [-0.1, -0.05) is 39.3 Å². The van der Waals surface area contributed by atoms with Crippen LogP contribution in [0.5, 0.6) is 0 Å². The molecule has 27 atom stereocenters. The summed E-state index contributed by atoms with van der Waals surface area (Å²) in [4.78, 5) is 0. The fourth-order valence-corrected chi connectivity index (χ4v) is 14.0. The molecule has 17 heteroatoms. The molecular formula is C45H72O17. The minimum Gasteiger partial charge on any atom is -0.394 e. The Kier molecular flexibility index (Phi) is 12.7. The Bertz CT molecular complexity index is 1630. The first-order chi connectivity index (χ1) is 29.3. The zero-order chi connectivity index (χ0) is 44.4.